The number of oxazole rings is 1. The molecule has 1 aliphatic heterocycles. The highest BCUT2D eigenvalue weighted by Gasteiger charge is 2.34. The van der Waals surface area contributed by atoms with Crippen LogP contribution in [0.4, 0.5) is 5.88 Å². The van der Waals surface area contributed by atoms with Crippen LogP contribution in [0.25, 0.3) is 11.5 Å². The highest BCUT2D eigenvalue weighted by Crippen LogP contribution is 2.36. The number of hydrogen-bond acceptors (Lipinski definition) is 6. The number of halogens is 1. The van der Waals surface area contributed by atoms with Crippen molar-refractivity contribution in [1.29, 1.82) is 0 Å². The molecular weight excluding hydrogens is 424 g/mol. The third-order valence-electron chi connectivity index (χ3n) is 5.04. The molecule has 1 aliphatic rings. The number of anilines is 1. The Morgan fingerprint density at radius 3 is 2.30 bits per heavy atom. The summed E-state index contributed by atoms with van der Waals surface area (Å²) < 4.78 is 38.9. The van der Waals surface area contributed by atoms with Crippen molar-refractivity contribution < 1.29 is 17.6 Å². The molecule has 3 aromatic rings. The van der Waals surface area contributed by atoms with Crippen LogP contribution < -0.4 is 4.90 Å². The van der Waals surface area contributed by atoms with E-state index in [1.165, 1.54) is 12.1 Å². The molecule has 0 saturated carbocycles. The van der Waals surface area contributed by atoms with Gasteiger partial charge in [0, 0.05) is 23.7 Å². The Morgan fingerprint density at radius 2 is 1.67 bits per heavy atom. The van der Waals surface area contributed by atoms with E-state index in [1.807, 2.05) is 49.9 Å². The van der Waals surface area contributed by atoms with E-state index in [2.05, 4.69) is 4.98 Å². The Labute approximate surface area is 181 Å². The van der Waals surface area contributed by atoms with Gasteiger partial charge in [0.1, 0.15) is 0 Å². The molecule has 0 N–H and O–H groups in total. The molecule has 2 atom stereocenters. The molecule has 0 unspecified atom stereocenters. The van der Waals surface area contributed by atoms with Crippen LogP contribution in [0.1, 0.15) is 19.4 Å². The van der Waals surface area contributed by atoms with Crippen molar-refractivity contribution in [3.63, 3.8) is 0 Å². The summed E-state index contributed by atoms with van der Waals surface area (Å²) >= 11 is 5.94. The predicted molar refractivity (Wildman–Crippen MR) is 116 cm³/mol. The lowest BCUT2D eigenvalue weighted by molar-refractivity contribution is -0.00657. The Morgan fingerprint density at radius 1 is 1.03 bits per heavy atom. The summed E-state index contributed by atoms with van der Waals surface area (Å²) in [4.78, 5) is 6.48. The molecule has 0 bridgehead atoms. The number of sulfone groups is 1. The zero-order chi connectivity index (χ0) is 21.5. The predicted octanol–water partition coefficient (Wildman–Crippen LogP) is 4.75. The van der Waals surface area contributed by atoms with Crippen molar-refractivity contribution in [3.8, 4) is 11.5 Å². The van der Waals surface area contributed by atoms with Gasteiger partial charge in [-0.15, -0.1) is 0 Å². The standard InChI is InChI=1S/C22H23ClN2O4S/c1-14-6-4-5-7-19(14)20-24-21(30(26,27)18-10-8-17(23)9-11-18)22(29-20)25-12-15(2)28-16(3)13-25/h4-11,15-16H,12-13H2,1-3H3/t15-,16-/m0/s1. The van der Waals surface area contributed by atoms with E-state index in [4.69, 9.17) is 20.8 Å². The lowest BCUT2D eigenvalue weighted by Gasteiger charge is -2.35. The topological polar surface area (TPSA) is 72.6 Å². The first-order chi connectivity index (χ1) is 14.3. The van der Waals surface area contributed by atoms with Gasteiger partial charge in [-0.2, -0.15) is 4.98 Å². The quantitative estimate of drug-likeness (QED) is 0.575. The number of benzene rings is 2. The summed E-state index contributed by atoms with van der Waals surface area (Å²) in [6, 6.07) is 13.7. The third kappa shape index (κ3) is 3.97. The fraction of sp³-hybridized carbons (Fsp3) is 0.318. The Bertz CT molecular complexity index is 1150. The van der Waals surface area contributed by atoms with Crippen molar-refractivity contribution in [3.05, 3.63) is 59.1 Å². The maximum atomic E-state index is 13.5. The van der Waals surface area contributed by atoms with E-state index < -0.39 is 9.84 Å². The fourth-order valence-electron chi connectivity index (χ4n) is 3.67. The zero-order valence-electron chi connectivity index (χ0n) is 17.0. The number of ether oxygens (including phenoxy) is 1. The number of aromatic nitrogens is 1. The van der Waals surface area contributed by atoms with Gasteiger partial charge in [-0.3, -0.25) is 0 Å². The van der Waals surface area contributed by atoms with E-state index in [0.717, 1.165) is 11.1 Å². The van der Waals surface area contributed by atoms with Gasteiger partial charge >= 0.3 is 0 Å². The van der Waals surface area contributed by atoms with Gasteiger partial charge in [0.2, 0.25) is 26.6 Å². The van der Waals surface area contributed by atoms with E-state index >= 15 is 0 Å². The van der Waals surface area contributed by atoms with E-state index in [1.54, 1.807) is 12.1 Å². The summed E-state index contributed by atoms with van der Waals surface area (Å²) in [5, 5.41) is 0.370. The number of nitrogens with zero attached hydrogens (tertiary/aromatic N) is 2. The molecule has 1 fully saturated rings. The number of rotatable bonds is 4. The van der Waals surface area contributed by atoms with Crippen molar-refractivity contribution in [2.24, 2.45) is 0 Å². The summed E-state index contributed by atoms with van der Waals surface area (Å²) in [6.45, 7) is 6.86. The first kappa shape index (κ1) is 20.9. The first-order valence-corrected chi connectivity index (χ1v) is 11.6. The molecule has 2 aromatic carbocycles. The number of hydrogen-bond donors (Lipinski definition) is 0. The van der Waals surface area contributed by atoms with Crippen LogP contribution in [0.2, 0.25) is 5.02 Å². The average molecular weight is 447 g/mol. The van der Waals surface area contributed by atoms with Crippen LogP contribution in [-0.2, 0) is 14.6 Å². The third-order valence-corrected chi connectivity index (χ3v) is 6.96. The van der Waals surface area contributed by atoms with Gasteiger partial charge in [0.25, 0.3) is 0 Å². The lowest BCUT2D eigenvalue weighted by Crippen LogP contribution is -2.45. The van der Waals surface area contributed by atoms with Crippen LogP contribution in [0, 0.1) is 6.92 Å². The molecule has 30 heavy (non-hydrogen) atoms. The Kier molecular flexibility index (Phi) is 5.61. The summed E-state index contributed by atoms with van der Waals surface area (Å²) in [6.07, 6.45) is -0.126. The highest BCUT2D eigenvalue weighted by molar-refractivity contribution is 7.91. The summed E-state index contributed by atoms with van der Waals surface area (Å²) in [7, 11) is -3.92. The SMILES string of the molecule is Cc1ccccc1-c1nc(S(=O)(=O)c2ccc(Cl)cc2)c(N2C[C@H](C)O[C@@H](C)C2)o1. The van der Waals surface area contributed by atoms with Gasteiger partial charge in [-0.05, 0) is 56.7 Å². The maximum Gasteiger partial charge on any atom is 0.236 e. The smallest absolute Gasteiger partial charge is 0.236 e. The summed E-state index contributed by atoms with van der Waals surface area (Å²) in [5.41, 5.74) is 1.70. The molecule has 0 amide bonds. The average Bonchev–Trinajstić information content (AvgIpc) is 3.14. The minimum Gasteiger partial charge on any atom is -0.419 e. The second kappa shape index (κ2) is 8.06. The molecule has 158 valence electrons. The molecule has 0 radical (unpaired) electrons. The minimum absolute atomic E-state index is 0.0631. The van der Waals surface area contributed by atoms with Crippen molar-refractivity contribution >= 4 is 27.3 Å². The maximum absolute atomic E-state index is 13.5. The molecule has 1 saturated heterocycles. The second-order valence-electron chi connectivity index (χ2n) is 7.56. The van der Waals surface area contributed by atoms with E-state index in [-0.39, 0.29) is 33.9 Å². The van der Waals surface area contributed by atoms with Crippen molar-refractivity contribution in [2.45, 2.75) is 42.9 Å². The monoisotopic (exact) mass is 446 g/mol. The molecule has 4 rings (SSSR count). The van der Waals surface area contributed by atoms with Crippen LogP contribution in [-0.4, -0.2) is 38.7 Å². The van der Waals surface area contributed by atoms with Gasteiger partial charge in [-0.1, -0.05) is 29.8 Å². The molecule has 0 spiro atoms. The number of morpholine rings is 1. The highest BCUT2D eigenvalue weighted by atomic mass is 35.5. The summed E-state index contributed by atoms with van der Waals surface area (Å²) in [5.74, 6) is 0.521. The van der Waals surface area contributed by atoms with Gasteiger partial charge in [-0.25, -0.2) is 8.42 Å². The van der Waals surface area contributed by atoms with Gasteiger partial charge in [0.05, 0.1) is 17.1 Å². The first-order valence-electron chi connectivity index (χ1n) is 9.73. The van der Waals surface area contributed by atoms with E-state index in [9.17, 15) is 8.42 Å². The van der Waals surface area contributed by atoms with Crippen molar-refractivity contribution in [1.82, 2.24) is 4.98 Å². The number of aryl methyl sites for hydroxylation is 1. The lowest BCUT2D eigenvalue weighted by atomic mass is 10.1. The molecule has 6 nitrogen and oxygen atoms in total. The Balaban J connectivity index is 1.87. The normalized spacial score (nSPS) is 19.8. The van der Waals surface area contributed by atoms with Crippen LogP contribution in [0.15, 0.2) is 62.9 Å². The van der Waals surface area contributed by atoms with Gasteiger partial charge < -0.3 is 14.1 Å². The molecule has 0 aliphatic carbocycles. The molecule has 8 heteroatoms. The minimum atomic E-state index is -3.92. The molecule has 2 heterocycles. The van der Waals surface area contributed by atoms with Crippen molar-refractivity contribution in [2.75, 3.05) is 18.0 Å². The molecule has 1 aromatic heterocycles. The molecular formula is C22H23ClN2O4S. The van der Waals surface area contributed by atoms with Crippen LogP contribution in [0.5, 0.6) is 0 Å². The van der Waals surface area contributed by atoms with Crippen LogP contribution in [0.3, 0.4) is 0 Å². The zero-order valence-corrected chi connectivity index (χ0v) is 18.6. The second-order valence-corrected chi connectivity index (χ2v) is 9.87. The van der Waals surface area contributed by atoms with Gasteiger partial charge in [0.15, 0.2) is 0 Å². The Hall–Kier alpha value is -2.35. The fourth-order valence-corrected chi connectivity index (χ4v) is 5.12. The van der Waals surface area contributed by atoms with E-state index in [0.29, 0.717) is 18.1 Å². The van der Waals surface area contributed by atoms with Crippen LogP contribution >= 0.6 is 11.6 Å². The largest absolute Gasteiger partial charge is 0.419 e.